The molecule has 0 spiro atoms. The summed E-state index contributed by atoms with van der Waals surface area (Å²) < 4.78 is 35.5. The molecule has 1 aliphatic carbocycles. The van der Waals surface area contributed by atoms with E-state index in [1.54, 1.807) is 0 Å². The van der Waals surface area contributed by atoms with E-state index in [0.717, 1.165) is 12.2 Å². The van der Waals surface area contributed by atoms with Gasteiger partial charge < -0.3 is 5.11 Å². The highest BCUT2D eigenvalue weighted by molar-refractivity contribution is 6.67. The average Bonchev–Trinajstić information content (AvgIpc) is 2.14. The molecule has 1 rings (SSSR count). The minimum Gasteiger partial charge on any atom is -0.395 e. The van der Waals surface area contributed by atoms with Crippen LogP contribution in [0.1, 0.15) is 12.8 Å². The zero-order valence-corrected chi connectivity index (χ0v) is 10.8. The molecule has 0 aromatic rings. The van der Waals surface area contributed by atoms with Crippen LogP contribution in [0.4, 0.5) is 13.2 Å². The van der Waals surface area contributed by atoms with Crippen LogP contribution in [0.3, 0.4) is 0 Å². The maximum Gasteiger partial charge on any atom is 0.416 e. The molecule has 7 heteroatoms. The summed E-state index contributed by atoms with van der Waals surface area (Å²) in [6.07, 6.45) is -1.26. The predicted octanol–water partition coefficient (Wildman–Crippen LogP) is 4.17. The van der Waals surface area contributed by atoms with Gasteiger partial charge in [-0.1, -0.05) is 53.0 Å². The van der Waals surface area contributed by atoms with Crippen molar-refractivity contribution in [2.45, 2.75) is 22.8 Å². The minimum absolute atomic E-state index is 0.0112. The van der Waals surface area contributed by atoms with Crippen LogP contribution in [-0.4, -0.2) is 21.7 Å². The number of alkyl halides is 6. The Kier molecular flexibility index (Phi) is 4.46. The lowest BCUT2D eigenvalue weighted by Gasteiger charge is -2.33. The molecule has 1 nitrogen and oxygen atoms in total. The second-order valence-corrected chi connectivity index (χ2v) is 6.52. The van der Waals surface area contributed by atoms with Gasteiger partial charge in [-0.25, -0.2) is 0 Å². The normalized spacial score (nSPS) is 25.9. The van der Waals surface area contributed by atoms with Crippen molar-refractivity contribution in [2.75, 3.05) is 6.61 Å². The average molecular weight is 310 g/mol. The molecule has 17 heavy (non-hydrogen) atoms. The summed E-state index contributed by atoms with van der Waals surface area (Å²) in [6.45, 7) is -0.376. The van der Waals surface area contributed by atoms with Gasteiger partial charge in [0, 0.05) is 11.8 Å². The molecule has 0 aromatic heterocycles. The number of halogens is 6. The van der Waals surface area contributed by atoms with Crippen molar-refractivity contribution in [3.63, 3.8) is 0 Å². The Morgan fingerprint density at radius 2 is 1.88 bits per heavy atom. The number of aliphatic hydroxyl groups excluding tert-OH is 1. The first-order valence-electron chi connectivity index (χ1n) is 4.72. The Hall–Kier alpha value is 0.1000. The minimum atomic E-state index is -4.39. The van der Waals surface area contributed by atoms with Crippen LogP contribution < -0.4 is 0 Å². The number of hydrogen-bond donors (Lipinski definition) is 1. The third-order valence-electron chi connectivity index (χ3n) is 2.54. The molecular formula is C10H10Cl3F3O. The lowest BCUT2D eigenvalue weighted by molar-refractivity contribution is -0.0890. The summed E-state index contributed by atoms with van der Waals surface area (Å²) in [4.78, 5) is 0. The van der Waals surface area contributed by atoms with E-state index in [9.17, 15) is 18.3 Å². The summed E-state index contributed by atoms with van der Waals surface area (Å²) >= 11 is 16.8. The van der Waals surface area contributed by atoms with Gasteiger partial charge in [-0.15, -0.1) is 0 Å². The van der Waals surface area contributed by atoms with Gasteiger partial charge in [0.15, 0.2) is 3.79 Å². The van der Waals surface area contributed by atoms with Crippen molar-refractivity contribution in [1.82, 2.24) is 0 Å². The first-order valence-corrected chi connectivity index (χ1v) is 5.86. The molecule has 98 valence electrons. The molecule has 1 aliphatic rings. The van der Waals surface area contributed by atoms with Crippen molar-refractivity contribution in [1.29, 1.82) is 0 Å². The largest absolute Gasteiger partial charge is 0.416 e. The smallest absolute Gasteiger partial charge is 0.395 e. The lowest BCUT2D eigenvalue weighted by atomic mass is 9.78. The number of aliphatic hydroxyl groups is 1. The molecule has 0 bridgehead atoms. The topological polar surface area (TPSA) is 20.2 Å². The molecule has 0 amide bonds. The second kappa shape index (κ2) is 5.00. The van der Waals surface area contributed by atoms with E-state index in [4.69, 9.17) is 34.8 Å². The number of hydrogen-bond acceptors (Lipinski definition) is 1. The zero-order valence-electron chi connectivity index (χ0n) is 8.57. The molecule has 0 saturated heterocycles. The Balaban J connectivity index is 2.85. The fourth-order valence-electron chi connectivity index (χ4n) is 1.63. The highest BCUT2D eigenvalue weighted by Gasteiger charge is 2.40. The van der Waals surface area contributed by atoms with Gasteiger partial charge in [-0.3, -0.25) is 0 Å². The lowest BCUT2D eigenvalue weighted by Crippen LogP contribution is -2.30. The Bertz CT molecular complexity index is 344. The van der Waals surface area contributed by atoms with Crippen LogP contribution in [0, 0.1) is 5.41 Å². The summed E-state index contributed by atoms with van der Waals surface area (Å²) in [5, 5.41) is 9.26. The first-order chi connectivity index (χ1) is 7.58. The molecule has 0 fully saturated rings. The summed E-state index contributed by atoms with van der Waals surface area (Å²) in [5.41, 5.74) is -1.69. The van der Waals surface area contributed by atoms with Gasteiger partial charge >= 0.3 is 6.18 Å². The van der Waals surface area contributed by atoms with E-state index < -0.39 is 21.0 Å². The van der Waals surface area contributed by atoms with E-state index in [1.165, 1.54) is 6.08 Å². The van der Waals surface area contributed by atoms with Crippen LogP contribution in [0.25, 0.3) is 0 Å². The first kappa shape index (κ1) is 15.2. The maximum atomic E-state index is 12.4. The van der Waals surface area contributed by atoms with E-state index in [1.807, 2.05) is 0 Å². The van der Waals surface area contributed by atoms with Crippen molar-refractivity contribution in [3.8, 4) is 0 Å². The van der Waals surface area contributed by atoms with Crippen LogP contribution >= 0.6 is 34.8 Å². The third-order valence-corrected chi connectivity index (χ3v) is 2.94. The fraction of sp³-hybridized carbons (Fsp3) is 0.600. The van der Waals surface area contributed by atoms with Gasteiger partial charge in [0.25, 0.3) is 0 Å². The maximum absolute atomic E-state index is 12.4. The molecule has 1 N–H and O–H groups in total. The standard InChI is InChI=1S/C10H10Cl3F3O/c11-9(12,13)5-8(6-17)3-1-7(2-4-8)10(14,15)16/h1-3,17H,4-6H2. The molecule has 1 atom stereocenters. The fourth-order valence-corrected chi connectivity index (χ4v) is 2.43. The number of allylic oxidation sites excluding steroid dienone is 3. The van der Waals surface area contributed by atoms with Crippen LogP contribution in [0.5, 0.6) is 0 Å². The van der Waals surface area contributed by atoms with Gasteiger partial charge in [-0.05, 0) is 6.42 Å². The van der Waals surface area contributed by atoms with Crippen LogP contribution in [0.15, 0.2) is 23.8 Å². The zero-order chi connectivity index (χ0) is 13.3. The van der Waals surface area contributed by atoms with E-state index in [-0.39, 0.29) is 19.4 Å². The van der Waals surface area contributed by atoms with Crippen molar-refractivity contribution in [2.24, 2.45) is 5.41 Å². The third kappa shape index (κ3) is 4.36. The van der Waals surface area contributed by atoms with Gasteiger partial charge in [-0.2, -0.15) is 13.2 Å². The quantitative estimate of drug-likeness (QED) is 0.759. The van der Waals surface area contributed by atoms with Crippen molar-refractivity contribution >= 4 is 34.8 Å². The van der Waals surface area contributed by atoms with Crippen molar-refractivity contribution < 1.29 is 18.3 Å². The molecule has 0 saturated carbocycles. The second-order valence-electron chi connectivity index (χ2n) is 4.01. The highest BCUT2D eigenvalue weighted by Crippen LogP contribution is 2.45. The Morgan fingerprint density at radius 1 is 1.29 bits per heavy atom. The van der Waals surface area contributed by atoms with Gasteiger partial charge in [0.2, 0.25) is 0 Å². The molecular weight excluding hydrogens is 299 g/mol. The van der Waals surface area contributed by atoms with Crippen LogP contribution in [0.2, 0.25) is 0 Å². The molecule has 0 aliphatic heterocycles. The Labute approximate surface area is 112 Å². The molecule has 1 unspecified atom stereocenters. The van der Waals surface area contributed by atoms with E-state index in [0.29, 0.717) is 0 Å². The van der Waals surface area contributed by atoms with Gasteiger partial charge in [0.05, 0.1) is 12.2 Å². The summed E-state index contributed by atoms with van der Waals surface area (Å²) in [7, 11) is 0. The molecule has 0 radical (unpaired) electrons. The predicted molar refractivity (Wildman–Crippen MR) is 62.3 cm³/mol. The molecule has 0 aromatic carbocycles. The highest BCUT2D eigenvalue weighted by atomic mass is 35.6. The van der Waals surface area contributed by atoms with Crippen LogP contribution in [-0.2, 0) is 0 Å². The Morgan fingerprint density at radius 3 is 2.18 bits per heavy atom. The van der Waals surface area contributed by atoms with Crippen molar-refractivity contribution in [3.05, 3.63) is 23.8 Å². The SMILES string of the molecule is OCC1(CC(Cl)(Cl)Cl)C=CC(C(F)(F)F)=CC1. The monoisotopic (exact) mass is 308 g/mol. The number of rotatable bonds is 2. The molecule has 0 heterocycles. The summed E-state index contributed by atoms with van der Waals surface area (Å²) in [6, 6.07) is 0. The van der Waals surface area contributed by atoms with Gasteiger partial charge in [0.1, 0.15) is 0 Å². The van der Waals surface area contributed by atoms with E-state index in [2.05, 4.69) is 0 Å². The summed E-state index contributed by atoms with van der Waals surface area (Å²) in [5.74, 6) is 0. The van der Waals surface area contributed by atoms with E-state index >= 15 is 0 Å².